The maximum Gasteiger partial charge on any atom is 0.143 e. The number of benzene rings is 16. The predicted molar refractivity (Wildman–Crippen MR) is 414 cm³/mol. The second-order valence-corrected chi connectivity index (χ2v) is 22.3. The lowest BCUT2D eigenvalue weighted by Crippen LogP contribution is -1.90. The number of hydrogen-bond acceptors (Lipinski definition) is 2. The van der Waals surface area contributed by atoms with Gasteiger partial charge in [0.05, 0.1) is 17.8 Å². The van der Waals surface area contributed by atoms with Crippen LogP contribution >= 0.6 is 0 Å². The van der Waals surface area contributed by atoms with Gasteiger partial charge in [-0.2, -0.15) is 0 Å². The normalized spacial score (nSPS) is 13.9. The van der Waals surface area contributed by atoms with Crippen LogP contribution in [0.2, 0.25) is 0 Å². The molecule has 0 fully saturated rings. The average molecular weight is 1230 g/mol. The Kier molecular flexibility index (Phi) is 10.3. The van der Waals surface area contributed by atoms with Crippen LogP contribution in [0.4, 0.5) is 0 Å². The summed E-state index contributed by atoms with van der Waals surface area (Å²) in [6, 6.07) is 83.3. The van der Waals surface area contributed by atoms with Crippen molar-refractivity contribution in [1.29, 1.82) is 0 Å². The van der Waals surface area contributed by atoms with Gasteiger partial charge in [0.2, 0.25) is 0 Å². The van der Waals surface area contributed by atoms with Crippen LogP contribution in [0, 0.1) is 0 Å². The fourth-order valence-electron chi connectivity index (χ4n) is 13.2. The Bertz CT molecular complexity index is 6490. The molecule has 0 saturated carbocycles. The molecule has 0 saturated heterocycles. The highest BCUT2D eigenvalue weighted by Gasteiger charge is 2.21. The highest BCUT2D eigenvalue weighted by Crippen LogP contribution is 2.47. The molecule has 18 aromatic rings. The van der Waals surface area contributed by atoms with Crippen molar-refractivity contribution >= 4 is 87.0 Å². The van der Waals surface area contributed by atoms with Gasteiger partial charge in [-0.1, -0.05) is 331 Å². The Balaban J connectivity index is 0.000000255. The first kappa shape index (κ1) is 38.6. The quantitative estimate of drug-likeness (QED) is 0.142. The zero-order valence-electron chi connectivity index (χ0n) is 79.1. The lowest BCUT2D eigenvalue weighted by molar-refractivity contribution is 0.669. The summed E-state index contributed by atoms with van der Waals surface area (Å²) in [6.45, 7) is 0. The van der Waals surface area contributed by atoms with Gasteiger partial charge in [-0.25, -0.2) is 0 Å². The van der Waals surface area contributed by atoms with Crippen LogP contribution < -0.4 is 0 Å². The van der Waals surface area contributed by atoms with E-state index in [0.717, 1.165) is 126 Å². The molecule has 0 aliphatic heterocycles. The van der Waals surface area contributed by atoms with Crippen molar-refractivity contribution in [2.45, 2.75) is 22.2 Å². The van der Waals surface area contributed by atoms with E-state index >= 15 is 0 Å². The van der Waals surface area contributed by atoms with E-state index in [1.807, 2.05) is 194 Å². The first-order valence-electron chi connectivity index (χ1n) is 45.3. The summed E-state index contributed by atoms with van der Waals surface area (Å²) in [4.78, 5) is 0. The Morgan fingerprint density at radius 1 is 0.247 bits per heavy atom. The molecule has 0 unspecified atom stereocenters. The molecule has 2 nitrogen and oxygen atoms in total. The highest BCUT2D eigenvalue weighted by atomic mass is 16.3. The summed E-state index contributed by atoms with van der Waals surface area (Å²) in [7, 11) is 3.75. The first-order chi connectivity index (χ1) is 59.0. The zero-order chi connectivity index (χ0) is 88.8. The Morgan fingerprint density at radius 3 is 1.28 bits per heavy atom. The van der Waals surface area contributed by atoms with E-state index in [1.165, 1.54) is 22.2 Å². The molecule has 0 aliphatic rings. The standard InChI is InChI=1S/2C44H28O.3CH4.6H2/c1-3-13-29(14-4-1)34-22-11-23-39-43-33(21-12-24-40(43)45-44(34)39)30-25-27-32(28-26-30)42-37-19-9-7-17-35(37)41(31-15-5-2-6-16-31)36-18-8-10-20-38(36)42;1-3-11-29(12-4-1)33-23-25-35-36-26-24-34(28-42(36)45-41(35)27-33)30-19-21-32(22-20-30)44-39-17-9-7-15-37(39)43(31-13-5-2-6-14-31)38-16-8-10-18-40(38)44;;;;;;;;;/h2*1-28H;3*1H4;6*1H/i1D,3D,4D,7D,8D,9D,10D,13D,14D;15D,24D,26D,28D;3*1D;6*1+1D. The van der Waals surface area contributed by atoms with Gasteiger partial charge >= 0.3 is 0 Å². The van der Waals surface area contributed by atoms with Gasteiger partial charge < -0.3 is 8.83 Å². The molecule has 456 valence electrons. The molecule has 2 aromatic heterocycles. The predicted octanol–water partition coefficient (Wildman–Crippen LogP) is 28.5. The zero-order valence-corrected chi connectivity index (χ0v) is 51.1. The van der Waals surface area contributed by atoms with Crippen LogP contribution in [0.25, 0.3) is 176 Å². The number of hydrogen-bond donors (Lipinski definition) is 0. The third-order valence-electron chi connectivity index (χ3n) is 17.2. The minimum Gasteiger partial charge on any atom is -0.456 e. The smallest absolute Gasteiger partial charge is 0.143 e. The molecule has 0 N–H and O–H groups in total. The molecule has 2 heteroatoms. The van der Waals surface area contributed by atoms with Crippen molar-refractivity contribution in [2.75, 3.05) is 0 Å². The molecular formula is C91H80O2. The summed E-state index contributed by atoms with van der Waals surface area (Å²) >= 11 is 0. The van der Waals surface area contributed by atoms with Crippen LogP contribution in [0.3, 0.4) is 0 Å². The number of fused-ring (bicyclic) bond motifs is 10. The maximum atomic E-state index is 9.21. The molecule has 0 bridgehead atoms. The van der Waals surface area contributed by atoms with E-state index in [9.17, 15) is 1.37 Å². The molecule has 0 amide bonds. The largest absolute Gasteiger partial charge is 0.456 e. The van der Waals surface area contributed by atoms with E-state index < -0.39 is 18.1 Å². The van der Waals surface area contributed by atoms with E-state index in [2.05, 4.69) is 30.3 Å². The molecule has 93 heavy (non-hydrogen) atoms. The van der Waals surface area contributed by atoms with Crippen molar-refractivity contribution in [3.05, 3.63) is 339 Å². The van der Waals surface area contributed by atoms with Crippen molar-refractivity contribution in [3.63, 3.8) is 0 Å². The van der Waals surface area contributed by atoms with Crippen molar-refractivity contribution in [3.8, 4) is 89.0 Å². The molecule has 0 atom stereocenters. The Labute approximate surface area is 584 Å². The molecule has 16 aromatic carbocycles. The van der Waals surface area contributed by atoms with Gasteiger partial charge in [-0.15, -0.1) is 0 Å². The van der Waals surface area contributed by atoms with Crippen molar-refractivity contribution in [2.24, 2.45) is 0 Å². The Morgan fingerprint density at radius 2 is 0.688 bits per heavy atom. The molecule has 18 rings (SSSR count). The van der Waals surface area contributed by atoms with E-state index in [4.69, 9.17) is 47.2 Å². The van der Waals surface area contributed by atoms with Crippen molar-refractivity contribution in [1.82, 2.24) is 0 Å². The third kappa shape index (κ3) is 10.3. The summed E-state index contributed by atoms with van der Waals surface area (Å²) in [5.74, 6) is 0. The maximum absolute atomic E-state index is 9.21. The fourth-order valence-corrected chi connectivity index (χ4v) is 13.2. The van der Waals surface area contributed by atoms with Crippen LogP contribution in [-0.2, 0) is 0 Å². The minimum absolute atomic E-state index is 0.00190. The number of furan rings is 2. The van der Waals surface area contributed by atoms with Crippen LogP contribution in [0.1, 0.15) is 62.0 Å². The first-order valence-corrected chi connectivity index (χ1v) is 29.8. The number of para-hydroxylation sites is 1. The van der Waals surface area contributed by atoms with Gasteiger partial charge in [-0.3, -0.25) is 0 Å². The number of rotatable bonds is 8. The summed E-state index contributed by atoms with van der Waals surface area (Å²) in [5.41, 5.74) is 14.8. The second-order valence-electron chi connectivity index (χ2n) is 22.3. The van der Waals surface area contributed by atoms with Gasteiger partial charge in [-0.05, 0) is 157 Å². The van der Waals surface area contributed by atoms with Crippen LogP contribution in [0.5, 0.6) is 0 Å². The van der Waals surface area contributed by atoms with Gasteiger partial charge in [0.15, 0.2) is 0 Å². The molecule has 0 aliphatic carbocycles. The topological polar surface area (TPSA) is 26.3 Å². The fraction of sp³-hybridized carbons (Fsp3) is 0.0330. The summed E-state index contributed by atoms with van der Waals surface area (Å²) in [6.07, 6.45) is 0. The highest BCUT2D eigenvalue weighted by molar-refractivity contribution is 6.23. The average Bonchev–Trinajstić information content (AvgIpc) is 1.56. The van der Waals surface area contributed by atoms with E-state index in [0.29, 0.717) is 50.5 Å². The van der Waals surface area contributed by atoms with Gasteiger partial charge in [0, 0.05) is 49.0 Å². The van der Waals surface area contributed by atoms with Gasteiger partial charge in [0.1, 0.15) is 22.3 Å². The van der Waals surface area contributed by atoms with E-state index in [1.54, 1.807) is 36.4 Å². The Hall–Kier alpha value is -11.8. The summed E-state index contributed by atoms with van der Waals surface area (Å²) < 4.78 is 202. The van der Waals surface area contributed by atoms with Gasteiger partial charge in [0.25, 0.3) is 0 Å². The van der Waals surface area contributed by atoms with Crippen molar-refractivity contribution < 1.29 is 48.6 Å². The van der Waals surface area contributed by atoms with Crippen LogP contribution in [-0.4, -0.2) is 0 Å². The molecule has 2 heterocycles. The van der Waals surface area contributed by atoms with Crippen LogP contribution in [0.15, 0.2) is 348 Å². The lowest BCUT2D eigenvalue weighted by Gasteiger charge is -2.18. The van der Waals surface area contributed by atoms with E-state index in [-0.39, 0.29) is 59.9 Å². The molecule has 0 spiro atoms. The third-order valence-corrected chi connectivity index (χ3v) is 17.2. The monoisotopic (exact) mass is 1230 g/mol. The second kappa shape index (κ2) is 24.9. The summed E-state index contributed by atoms with van der Waals surface area (Å²) in [5, 5.41) is 9.96. The molecule has 0 radical (unpaired) electrons. The minimum atomic E-state index is -0.452. The SMILES string of the molecule is [2H]C.[2H]C.[2H]C.[2H][2H].[2H][2H].[2H][2H].[2H][2H].[2H][2H].[2H][2H].[2H]c1c(-c2ccc(-c3c4ccccc4c(-c4ccccc4)c4c([2H])cccc34)cc2)c([2H])c2oc3cc(-c4ccccc4)ccc3c2c1[2H].[2H]c1cc2c(-c3ccccc3)c3cc([2H])c([2H])cc3c(-c3ccc(-c4cccc5oc6c(-c7c([2H])c([2H])c([2H])c([2H])c7[2H])cccc6c45)cc3)c2cc1[2H]. The molecular weight excluding hydrogens is 1120 g/mol. The lowest BCUT2D eigenvalue weighted by atomic mass is 9.85.